The van der Waals surface area contributed by atoms with E-state index in [2.05, 4.69) is 4.98 Å². The molecule has 0 radical (unpaired) electrons. The van der Waals surface area contributed by atoms with E-state index in [0.717, 1.165) is 4.31 Å². The fourth-order valence-electron chi connectivity index (χ4n) is 1.74. The molecule has 0 atom stereocenters. The summed E-state index contributed by atoms with van der Waals surface area (Å²) in [6, 6.07) is 3.19. The monoisotopic (exact) mass is 301 g/mol. The average Bonchev–Trinajstić information content (AvgIpc) is 2.35. The summed E-state index contributed by atoms with van der Waals surface area (Å²) in [5.74, 6) is 0.646. The van der Waals surface area contributed by atoms with E-state index in [4.69, 9.17) is 0 Å². The van der Waals surface area contributed by atoms with Crippen LogP contribution in [0.25, 0.3) is 0 Å². The van der Waals surface area contributed by atoms with Crippen molar-refractivity contribution < 1.29 is 13.5 Å². The highest BCUT2D eigenvalue weighted by atomic mass is 32.2. The number of hydrogen-bond acceptors (Lipinski definition) is 5. The Kier molecular flexibility index (Phi) is 5.12. The van der Waals surface area contributed by atoms with Gasteiger partial charge in [-0.05, 0) is 32.9 Å². The third-order valence-corrected chi connectivity index (χ3v) is 4.58. The van der Waals surface area contributed by atoms with Gasteiger partial charge in [0, 0.05) is 33.4 Å². The van der Waals surface area contributed by atoms with E-state index in [9.17, 15) is 13.5 Å². The summed E-state index contributed by atoms with van der Waals surface area (Å²) in [7, 11) is -0.494. The minimum Gasteiger partial charge on any atom is -0.389 e. The lowest BCUT2D eigenvalue weighted by atomic mass is 10.1. The van der Waals surface area contributed by atoms with Gasteiger partial charge in [-0.1, -0.05) is 0 Å². The SMILES string of the molecule is CCN(CC(C)(C)O)c1ccc(S(=O)(=O)N(C)C)cn1. The smallest absolute Gasteiger partial charge is 0.244 e. The van der Waals surface area contributed by atoms with Gasteiger partial charge in [0.15, 0.2) is 0 Å². The topological polar surface area (TPSA) is 73.7 Å². The predicted octanol–water partition coefficient (Wildman–Crippen LogP) is 0.929. The molecule has 0 fully saturated rings. The molecule has 6 nitrogen and oxygen atoms in total. The molecule has 114 valence electrons. The molecular weight excluding hydrogens is 278 g/mol. The van der Waals surface area contributed by atoms with Gasteiger partial charge in [-0.15, -0.1) is 0 Å². The van der Waals surface area contributed by atoms with Crippen LogP contribution >= 0.6 is 0 Å². The maximum Gasteiger partial charge on any atom is 0.244 e. The molecule has 0 aliphatic heterocycles. The molecule has 1 aromatic rings. The predicted molar refractivity (Wildman–Crippen MR) is 79.3 cm³/mol. The lowest BCUT2D eigenvalue weighted by Crippen LogP contribution is -2.39. The maximum atomic E-state index is 11.9. The number of aromatic nitrogens is 1. The zero-order chi connectivity index (χ0) is 15.6. The van der Waals surface area contributed by atoms with Gasteiger partial charge in [-0.2, -0.15) is 0 Å². The number of hydrogen-bond donors (Lipinski definition) is 1. The Balaban J connectivity index is 3.01. The second-order valence-electron chi connectivity index (χ2n) is 5.47. The van der Waals surface area contributed by atoms with Crippen molar-refractivity contribution in [2.45, 2.75) is 31.3 Å². The molecule has 0 saturated carbocycles. The first-order valence-corrected chi connectivity index (χ1v) is 7.88. The summed E-state index contributed by atoms with van der Waals surface area (Å²) in [6.45, 7) is 6.51. The summed E-state index contributed by atoms with van der Waals surface area (Å²) in [5.41, 5.74) is -0.841. The minimum atomic E-state index is -3.46. The van der Waals surface area contributed by atoms with Crippen LogP contribution in [0.2, 0.25) is 0 Å². The van der Waals surface area contributed by atoms with Gasteiger partial charge in [-0.3, -0.25) is 0 Å². The first-order valence-electron chi connectivity index (χ1n) is 6.44. The summed E-state index contributed by atoms with van der Waals surface area (Å²) in [5, 5.41) is 9.87. The number of likely N-dealkylation sites (N-methyl/N-ethyl adjacent to an activating group) is 1. The third kappa shape index (κ3) is 4.16. The molecule has 0 aliphatic rings. The third-order valence-electron chi connectivity index (χ3n) is 2.78. The lowest BCUT2D eigenvalue weighted by Gasteiger charge is -2.29. The Labute approximate surface area is 121 Å². The van der Waals surface area contributed by atoms with E-state index in [0.29, 0.717) is 18.9 Å². The number of sulfonamides is 1. The van der Waals surface area contributed by atoms with Crippen LogP contribution in [0.4, 0.5) is 5.82 Å². The van der Waals surface area contributed by atoms with Crippen molar-refractivity contribution in [3.05, 3.63) is 18.3 Å². The summed E-state index contributed by atoms with van der Waals surface area (Å²) in [4.78, 5) is 6.24. The van der Waals surface area contributed by atoms with Crippen LogP contribution in [-0.4, -0.2) is 55.6 Å². The highest BCUT2D eigenvalue weighted by Gasteiger charge is 2.20. The molecule has 1 heterocycles. The van der Waals surface area contributed by atoms with Gasteiger partial charge in [0.05, 0.1) is 5.60 Å². The van der Waals surface area contributed by atoms with E-state index < -0.39 is 15.6 Å². The lowest BCUT2D eigenvalue weighted by molar-refractivity contribution is 0.0874. The highest BCUT2D eigenvalue weighted by molar-refractivity contribution is 7.89. The molecule has 7 heteroatoms. The van der Waals surface area contributed by atoms with Crippen LogP contribution < -0.4 is 4.90 Å². The number of rotatable bonds is 6. The van der Waals surface area contributed by atoms with E-state index >= 15 is 0 Å². The molecular formula is C13H23N3O3S. The first-order chi connectivity index (χ1) is 9.08. The zero-order valence-corrected chi connectivity index (χ0v) is 13.5. The molecule has 0 saturated heterocycles. The van der Waals surface area contributed by atoms with Crippen LogP contribution in [0, 0.1) is 0 Å². The van der Waals surface area contributed by atoms with E-state index in [1.807, 2.05) is 11.8 Å². The van der Waals surface area contributed by atoms with Crippen LogP contribution in [-0.2, 0) is 10.0 Å². The summed E-state index contributed by atoms with van der Waals surface area (Å²) >= 11 is 0. The van der Waals surface area contributed by atoms with Gasteiger partial charge >= 0.3 is 0 Å². The van der Waals surface area contributed by atoms with Crippen LogP contribution in [0.3, 0.4) is 0 Å². The molecule has 0 bridgehead atoms. The molecule has 0 aliphatic carbocycles. The molecule has 0 aromatic carbocycles. The first kappa shape index (κ1) is 16.9. The zero-order valence-electron chi connectivity index (χ0n) is 12.7. The van der Waals surface area contributed by atoms with Gasteiger partial charge in [0.25, 0.3) is 0 Å². The highest BCUT2D eigenvalue weighted by Crippen LogP contribution is 2.18. The van der Waals surface area contributed by atoms with Crippen molar-refractivity contribution >= 4 is 15.8 Å². The maximum absolute atomic E-state index is 11.9. The Bertz CT molecular complexity index is 533. The quantitative estimate of drug-likeness (QED) is 0.846. The Morgan fingerprint density at radius 1 is 1.30 bits per heavy atom. The molecule has 0 amide bonds. The van der Waals surface area contributed by atoms with Crippen molar-refractivity contribution in [2.24, 2.45) is 0 Å². The van der Waals surface area contributed by atoms with Crippen molar-refractivity contribution in [3.63, 3.8) is 0 Å². The molecule has 1 aromatic heterocycles. The van der Waals surface area contributed by atoms with Crippen LogP contribution in [0.15, 0.2) is 23.2 Å². The normalized spacial score (nSPS) is 12.8. The number of anilines is 1. The number of nitrogens with zero attached hydrogens (tertiary/aromatic N) is 3. The van der Waals surface area contributed by atoms with Gasteiger partial charge in [-0.25, -0.2) is 17.7 Å². The van der Waals surface area contributed by atoms with Crippen molar-refractivity contribution in [3.8, 4) is 0 Å². The van der Waals surface area contributed by atoms with Gasteiger partial charge < -0.3 is 10.0 Å². The van der Waals surface area contributed by atoms with Gasteiger partial charge in [0.2, 0.25) is 10.0 Å². The van der Waals surface area contributed by atoms with Gasteiger partial charge in [0.1, 0.15) is 10.7 Å². The largest absolute Gasteiger partial charge is 0.389 e. The van der Waals surface area contributed by atoms with Crippen LogP contribution in [0.1, 0.15) is 20.8 Å². The van der Waals surface area contributed by atoms with E-state index in [1.165, 1.54) is 26.4 Å². The molecule has 1 rings (SSSR count). The molecule has 20 heavy (non-hydrogen) atoms. The Hall–Kier alpha value is -1.18. The second-order valence-corrected chi connectivity index (χ2v) is 7.62. The average molecular weight is 301 g/mol. The summed E-state index contributed by atoms with van der Waals surface area (Å²) < 4.78 is 25.0. The summed E-state index contributed by atoms with van der Waals surface area (Å²) in [6.07, 6.45) is 1.34. The Morgan fingerprint density at radius 3 is 2.25 bits per heavy atom. The van der Waals surface area contributed by atoms with Crippen molar-refractivity contribution in [1.82, 2.24) is 9.29 Å². The number of pyridine rings is 1. The molecule has 0 unspecified atom stereocenters. The van der Waals surface area contributed by atoms with Crippen molar-refractivity contribution in [1.29, 1.82) is 0 Å². The molecule has 0 spiro atoms. The fraction of sp³-hybridized carbons (Fsp3) is 0.615. The molecule has 1 N–H and O–H groups in total. The van der Waals surface area contributed by atoms with E-state index in [1.54, 1.807) is 19.9 Å². The second kappa shape index (κ2) is 6.07. The van der Waals surface area contributed by atoms with E-state index in [-0.39, 0.29) is 4.90 Å². The number of aliphatic hydroxyl groups is 1. The Morgan fingerprint density at radius 2 is 1.90 bits per heavy atom. The van der Waals surface area contributed by atoms with Crippen LogP contribution in [0.5, 0.6) is 0 Å². The standard InChI is InChI=1S/C13H23N3O3S/c1-6-16(10-13(2,3)17)12-8-7-11(9-14-12)20(18,19)15(4)5/h7-9,17H,6,10H2,1-5H3. The fourth-order valence-corrected chi connectivity index (χ4v) is 2.59. The van der Waals surface area contributed by atoms with Crippen molar-refractivity contribution in [2.75, 3.05) is 32.1 Å². The minimum absolute atomic E-state index is 0.158.